The Morgan fingerprint density at radius 2 is 1.88 bits per heavy atom. The van der Waals surface area contributed by atoms with Gasteiger partial charge in [0.2, 0.25) is 5.43 Å². The van der Waals surface area contributed by atoms with Crippen LogP contribution in [0.3, 0.4) is 0 Å². The number of para-hydroxylation sites is 1. The molecule has 2 aromatic carbocycles. The molecule has 5 nitrogen and oxygen atoms in total. The van der Waals surface area contributed by atoms with Gasteiger partial charge in [0.05, 0.1) is 16.5 Å². The molecular weight excluding hydrogens is 320 g/mol. The van der Waals surface area contributed by atoms with Crippen LogP contribution in [0.1, 0.15) is 23.6 Å². The zero-order valence-electron chi connectivity index (χ0n) is 14.1. The first-order chi connectivity index (χ1) is 11.9. The van der Waals surface area contributed by atoms with Crippen molar-refractivity contribution in [3.8, 4) is 0 Å². The number of aliphatic hydroxyl groups is 1. The van der Waals surface area contributed by atoms with E-state index in [0.717, 1.165) is 11.1 Å². The lowest BCUT2D eigenvalue weighted by molar-refractivity contribution is -0.142. The molecule has 0 aliphatic rings. The van der Waals surface area contributed by atoms with Gasteiger partial charge in [-0.15, -0.1) is 0 Å². The number of carbonyl (C=O) groups excluding carboxylic acids is 1. The summed E-state index contributed by atoms with van der Waals surface area (Å²) in [6.45, 7) is 6.79. The maximum atomic E-state index is 12.8. The van der Waals surface area contributed by atoms with Crippen molar-refractivity contribution in [1.82, 2.24) is 0 Å². The Kier molecular flexibility index (Phi) is 4.31. The molecule has 0 amide bonds. The van der Waals surface area contributed by atoms with E-state index in [9.17, 15) is 14.7 Å². The molecule has 0 fully saturated rings. The van der Waals surface area contributed by atoms with Gasteiger partial charge >= 0.3 is 5.97 Å². The minimum atomic E-state index is -0.372. The summed E-state index contributed by atoms with van der Waals surface area (Å²) < 4.78 is 11.1. The zero-order chi connectivity index (χ0) is 18.1. The van der Waals surface area contributed by atoms with Gasteiger partial charge in [-0.05, 0) is 30.2 Å². The Hall–Kier alpha value is -3.08. The number of ether oxygens (including phenoxy) is 1. The van der Waals surface area contributed by atoms with Crippen LogP contribution in [0.2, 0.25) is 0 Å². The Morgan fingerprint density at radius 1 is 1.16 bits per heavy atom. The zero-order valence-corrected chi connectivity index (χ0v) is 14.1. The predicted molar refractivity (Wildman–Crippen MR) is 95.7 cm³/mol. The fraction of sp³-hybridized carbons (Fsp3) is 0.200. The van der Waals surface area contributed by atoms with Crippen LogP contribution in [0.25, 0.3) is 21.9 Å². The van der Waals surface area contributed by atoms with Crippen LogP contribution in [0.5, 0.6) is 0 Å². The molecule has 3 aromatic rings. The first-order valence-corrected chi connectivity index (χ1v) is 7.85. The van der Waals surface area contributed by atoms with E-state index >= 15 is 0 Å². The highest BCUT2D eigenvalue weighted by molar-refractivity contribution is 5.92. The number of hydrogen-bond donors (Lipinski definition) is 1. The van der Waals surface area contributed by atoms with Gasteiger partial charge < -0.3 is 14.3 Å². The molecule has 1 N–H and O–H groups in total. The van der Waals surface area contributed by atoms with E-state index in [-0.39, 0.29) is 30.2 Å². The number of esters is 1. The lowest BCUT2D eigenvalue weighted by atomic mass is 10.0. The van der Waals surface area contributed by atoms with Crippen LogP contribution in [-0.2, 0) is 22.6 Å². The Bertz CT molecular complexity index is 1060. The number of fused-ring (bicyclic) bond motifs is 2. The molecular formula is C20H18O5. The summed E-state index contributed by atoms with van der Waals surface area (Å²) >= 11 is 0. The number of aliphatic hydroxyl groups excluding tert-OH is 1. The largest absolute Gasteiger partial charge is 0.513 e. The quantitative estimate of drug-likeness (QED) is 0.443. The molecule has 1 aromatic heterocycles. The van der Waals surface area contributed by atoms with Crippen molar-refractivity contribution in [3.63, 3.8) is 0 Å². The van der Waals surface area contributed by atoms with Crippen molar-refractivity contribution in [2.45, 2.75) is 26.9 Å². The third kappa shape index (κ3) is 3.13. The Balaban J connectivity index is 2.27. The average Bonchev–Trinajstić information content (AvgIpc) is 2.55. The van der Waals surface area contributed by atoms with Gasteiger partial charge in [-0.3, -0.25) is 9.59 Å². The molecule has 128 valence electrons. The molecule has 3 rings (SSSR count). The van der Waals surface area contributed by atoms with Crippen molar-refractivity contribution in [2.75, 3.05) is 0 Å². The molecule has 5 heteroatoms. The van der Waals surface area contributed by atoms with E-state index in [0.29, 0.717) is 27.5 Å². The first-order valence-electron chi connectivity index (χ1n) is 7.85. The van der Waals surface area contributed by atoms with Crippen LogP contribution in [-0.4, -0.2) is 11.1 Å². The molecule has 0 radical (unpaired) electrons. The maximum absolute atomic E-state index is 12.8. The van der Waals surface area contributed by atoms with Crippen molar-refractivity contribution < 1.29 is 19.1 Å². The summed E-state index contributed by atoms with van der Waals surface area (Å²) in [6, 6.07) is 8.70. The van der Waals surface area contributed by atoms with E-state index in [1.807, 2.05) is 6.92 Å². The van der Waals surface area contributed by atoms with E-state index in [1.54, 1.807) is 30.3 Å². The number of rotatable bonds is 4. The predicted octanol–water partition coefficient (Wildman–Crippen LogP) is 3.93. The fourth-order valence-corrected chi connectivity index (χ4v) is 2.87. The minimum Gasteiger partial charge on any atom is -0.513 e. The third-order valence-corrected chi connectivity index (χ3v) is 4.13. The summed E-state index contributed by atoms with van der Waals surface area (Å²) in [5, 5.41) is 10.4. The smallest absolute Gasteiger partial charge is 0.302 e. The Morgan fingerprint density at radius 3 is 2.56 bits per heavy atom. The number of allylic oxidation sites excluding steroid dienone is 1. The second-order valence-electron chi connectivity index (χ2n) is 5.97. The van der Waals surface area contributed by atoms with Crippen molar-refractivity contribution in [2.24, 2.45) is 0 Å². The summed E-state index contributed by atoms with van der Waals surface area (Å²) in [7, 11) is 0. The second-order valence-corrected chi connectivity index (χ2v) is 5.97. The van der Waals surface area contributed by atoms with Gasteiger partial charge in [0.1, 0.15) is 17.8 Å². The number of aryl methyl sites for hydroxylation is 1. The molecule has 0 aliphatic carbocycles. The maximum Gasteiger partial charge on any atom is 0.302 e. The van der Waals surface area contributed by atoms with Crippen molar-refractivity contribution >= 4 is 27.9 Å². The molecule has 0 saturated carbocycles. The third-order valence-electron chi connectivity index (χ3n) is 4.13. The molecule has 0 saturated heterocycles. The molecule has 0 spiro atoms. The highest BCUT2D eigenvalue weighted by Gasteiger charge is 2.15. The van der Waals surface area contributed by atoms with Gasteiger partial charge in [-0.2, -0.15) is 0 Å². The highest BCUT2D eigenvalue weighted by atomic mass is 16.5. The van der Waals surface area contributed by atoms with Crippen LogP contribution in [0, 0.1) is 6.92 Å². The highest BCUT2D eigenvalue weighted by Crippen LogP contribution is 2.27. The van der Waals surface area contributed by atoms with Crippen LogP contribution < -0.4 is 5.43 Å². The normalized spacial score (nSPS) is 11.0. The topological polar surface area (TPSA) is 76.7 Å². The second kappa shape index (κ2) is 6.43. The molecule has 0 aliphatic heterocycles. The van der Waals surface area contributed by atoms with E-state index in [2.05, 4.69) is 6.58 Å². The van der Waals surface area contributed by atoms with Crippen LogP contribution >= 0.6 is 0 Å². The number of hydrogen-bond acceptors (Lipinski definition) is 5. The van der Waals surface area contributed by atoms with Gasteiger partial charge in [0.15, 0.2) is 0 Å². The summed E-state index contributed by atoms with van der Waals surface area (Å²) in [6.07, 6.45) is 0.206. The minimum absolute atomic E-state index is 0.00410. The first kappa shape index (κ1) is 16.8. The lowest BCUT2D eigenvalue weighted by Crippen LogP contribution is -2.06. The molecule has 0 atom stereocenters. The number of benzene rings is 2. The van der Waals surface area contributed by atoms with Crippen LogP contribution in [0.4, 0.5) is 0 Å². The molecule has 0 unspecified atom stereocenters. The van der Waals surface area contributed by atoms with E-state index in [1.165, 1.54) is 6.92 Å². The SMILES string of the molecule is C=C(O)Cc1cccc2c(=O)c3ccc(COC(C)=O)c(C)c3oc12. The number of carbonyl (C=O) groups is 1. The van der Waals surface area contributed by atoms with Gasteiger partial charge in [0, 0.05) is 18.9 Å². The van der Waals surface area contributed by atoms with E-state index < -0.39 is 0 Å². The van der Waals surface area contributed by atoms with Crippen molar-refractivity contribution in [3.05, 3.63) is 69.6 Å². The average molecular weight is 338 g/mol. The van der Waals surface area contributed by atoms with Gasteiger partial charge in [0.25, 0.3) is 0 Å². The molecule has 1 heterocycles. The molecule has 25 heavy (non-hydrogen) atoms. The lowest BCUT2D eigenvalue weighted by Gasteiger charge is -2.11. The molecule has 0 bridgehead atoms. The summed E-state index contributed by atoms with van der Waals surface area (Å²) in [5.41, 5.74) is 2.96. The monoisotopic (exact) mass is 338 g/mol. The Labute approximate surface area is 144 Å². The fourth-order valence-electron chi connectivity index (χ4n) is 2.87. The standard InChI is InChI=1S/C20H18O5/c1-11(21)9-14-5-4-6-16-18(23)17-8-7-15(10-24-13(3)22)12(2)19(17)25-20(14)16/h4-8,21H,1,9-10H2,2-3H3. The van der Waals surface area contributed by atoms with Gasteiger partial charge in [-0.25, -0.2) is 0 Å². The van der Waals surface area contributed by atoms with E-state index in [4.69, 9.17) is 9.15 Å². The van der Waals surface area contributed by atoms with Crippen molar-refractivity contribution in [1.29, 1.82) is 0 Å². The van der Waals surface area contributed by atoms with Gasteiger partial charge in [-0.1, -0.05) is 24.8 Å². The summed E-state index contributed by atoms with van der Waals surface area (Å²) in [4.78, 5) is 23.9. The van der Waals surface area contributed by atoms with Crippen LogP contribution in [0.15, 0.2) is 51.9 Å². The summed E-state index contributed by atoms with van der Waals surface area (Å²) in [5.74, 6) is -0.376.